The average Bonchev–Trinajstić information content (AvgIpc) is 2.39. The van der Waals surface area contributed by atoms with E-state index in [0.717, 1.165) is 12.2 Å². The molecule has 1 unspecified atom stereocenters. The van der Waals surface area contributed by atoms with E-state index < -0.39 is 0 Å². The summed E-state index contributed by atoms with van der Waals surface area (Å²) in [7, 11) is 0. The zero-order valence-corrected chi connectivity index (χ0v) is 11.6. The van der Waals surface area contributed by atoms with Gasteiger partial charge in [-0.3, -0.25) is 0 Å². The molecule has 0 saturated carbocycles. The Bertz CT molecular complexity index is 350. The van der Waals surface area contributed by atoms with Crippen molar-refractivity contribution in [3.05, 3.63) is 29.3 Å². The summed E-state index contributed by atoms with van der Waals surface area (Å²) in [5, 5.41) is 8.60. The second kappa shape index (κ2) is 8.11. The van der Waals surface area contributed by atoms with Gasteiger partial charge in [-0.2, -0.15) is 0 Å². The quantitative estimate of drug-likeness (QED) is 0.723. The SMILES string of the molecule is CCC(C)c1cc(C)ccc1OCCOCCO. The molecule has 0 aliphatic rings. The standard InChI is InChI=1S/C15H24O3/c1-4-13(3)14-11-12(2)5-6-15(14)18-10-9-17-8-7-16/h5-6,11,13,16H,4,7-10H2,1-3H3. The molecule has 0 spiro atoms. The molecule has 102 valence electrons. The first-order valence-electron chi connectivity index (χ1n) is 6.61. The van der Waals surface area contributed by atoms with Crippen LogP contribution < -0.4 is 4.74 Å². The fraction of sp³-hybridized carbons (Fsp3) is 0.600. The smallest absolute Gasteiger partial charge is 0.122 e. The van der Waals surface area contributed by atoms with Crippen LogP contribution in [0.3, 0.4) is 0 Å². The summed E-state index contributed by atoms with van der Waals surface area (Å²) in [6, 6.07) is 6.29. The van der Waals surface area contributed by atoms with Crippen LogP contribution in [0, 0.1) is 6.92 Å². The highest BCUT2D eigenvalue weighted by molar-refractivity contribution is 5.39. The van der Waals surface area contributed by atoms with E-state index in [4.69, 9.17) is 14.6 Å². The van der Waals surface area contributed by atoms with Crippen molar-refractivity contribution in [2.45, 2.75) is 33.1 Å². The molecule has 1 aromatic rings. The van der Waals surface area contributed by atoms with E-state index in [9.17, 15) is 0 Å². The van der Waals surface area contributed by atoms with Crippen LogP contribution in [-0.2, 0) is 4.74 Å². The van der Waals surface area contributed by atoms with Gasteiger partial charge in [0.2, 0.25) is 0 Å². The summed E-state index contributed by atoms with van der Waals surface area (Å²) < 4.78 is 10.9. The maximum absolute atomic E-state index is 8.60. The Morgan fingerprint density at radius 2 is 2.00 bits per heavy atom. The lowest BCUT2D eigenvalue weighted by molar-refractivity contribution is 0.0702. The molecular formula is C15H24O3. The van der Waals surface area contributed by atoms with Gasteiger partial charge >= 0.3 is 0 Å². The molecule has 0 amide bonds. The van der Waals surface area contributed by atoms with Crippen LogP contribution in [0.4, 0.5) is 0 Å². The zero-order valence-electron chi connectivity index (χ0n) is 11.6. The van der Waals surface area contributed by atoms with Crippen LogP contribution in [0.15, 0.2) is 18.2 Å². The third kappa shape index (κ3) is 4.67. The van der Waals surface area contributed by atoms with Crippen LogP contribution >= 0.6 is 0 Å². The molecule has 1 rings (SSSR count). The molecule has 0 saturated heterocycles. The average molecular weight is 252 g/mol. The fourth-order valence-corrected chi connectivity index (χ4v) is 1.78. The summed E-state index contributed by atoms with van der Waals surface area (Å²) in [4.78, 5) is 0. The zero-order chi connectivity index (χ0) is 13.4. The number of ether oxygens (including phenoxy) is 2. The van der Waals surface area contributed by atoms with Gasteiger partial charge in [0.1, 0.15) is 12.4 Å². The molecule has 3 heteroatoms. The molecule has 0 fully saturated rings. The third-order valence-electron chi connectivity index (χ3n) is 3.03. The molecule has 1 N–H and O–H groups in total. The van der Waals surface area contributed by atoms with Crippen molar-refractivity contribution >= 4 is 0 Å². The third-order valence-corrected chi connectivity index (χ3v) is 3.03. The normalized spacial score (nSPS) is 12.4. The van der Waals surface area contributed by atoms with Crippen molar-refractivity contribution in [2.24, 2.45) is 0 Å². The van der Waals surface area contributed by atoms with Crippen LogP contribution in [0.5, 0.6) is 5.75 Å². The summed E-state index contributed by atoms with van der Waals surface area (Å²) >= 11 is 0. The summed E-state index contributed by atoms with van der Waals surface area (Å²) in [5.74, 6) is 1.45. The van der Waals surface area contributed by atoms with Gasteiger partial charge in [0.15, 0.2) is 0 Å². The molecule has 0 aliphatic heterocycles. The molecule has 0 heterocycles. The van der Waals surface area contributed by atoms with Gasteiger partial charge in [0, 0.05) is 0 Å². The van der Waals surface area contributed by atoms with E-state index in [1.807, 2.05) is 6.07 Å². The number of benzene rings is 1. The fourth-order valence-electron chi connectivity index (χ4n) is 1.78. The number of aryl methyl sites for hydroxylation is 1. The van der Waals surface area contributed by atoms with Crippen molar-refractivity contribution < 1.29 is 14.6 Å². The minimum absolute atomic E-state index is 0.0582. The Hall–Kier alpha value is -1.06. The molecule has 0 radical (unpaired) electrons. The van der Waals surface area contributed by atoms with E-state index in [0.29, 0.717) is 25.7 Å². The maximum atomic E-state index is 8.60. The summed E-state index contributed by atoms with van der Waals surface area (Å²) in [6.07, 6.45) is 1.10. The maximum Gasteiger partial charge on any atom is 0.122 e. The van der Waals surface area contributed by atoms with E-state index in [1.54, 1.807) is 0 Å². The molecule has 1 aromatic carbocycles. The van der Waals surface area contributed by atoms with Gasteiger partial charge in [-0.05, 0) is 30.9 Å². The minimum Gasteiger partial charge on any atom is -0.491 e. The molecule has 3 nitrogen and oxygen atoms in total. The van der Waals surface area contributed by atoms with Crippen molar-refractivity contribution in [1.82, 2.24) is 0 Å². The number of hydrogen-bond donors (Lipinski definition) is 1. The highest BCUT2D eigenvalue weighted by Gasteiger charge is 2.10. The van der Waals surface area contributed by atoms with E-state index >= 15 is 0 Å². The van der Waals surface area contributed by atoms with Gasteiger partial charge in [-0.15, -0.1) is 0 Å². The lowest BCUT2D eigenvalue weighted by atomic mass is 9.96. The molecule has 1 atom stereocenters. The number of aliphatic hydroxyl groups is 1. The van der Waals surface area contributed by atoms with E-state index in [1.165, 1.54) is 11.1 Å². The molecule has 0 bridgehead atoms. The molecular weight excluding hydrogens is 228 g/mol. The number of hydrogen-bond acceptors (Lipinski definition) is 3. The Balaban J connectivity index is 2.58. The first-order chi connectivity index (χ1) is 8.69. The number of rotatable bonds is 8. The lowest BCUT2D eigenvalue weighted by Crippen LogP contribution is -2.10. The Labute approximate surface area is 110 Å². The predicted octanol–water partition coefficient (Wildman–Crippen LogP) is 2.90. The largest absolute Gasteiger partial charge is 0.491 e. The molecule has 18 heavy (non-hydrogen) atoms. The van der Waals surface area contributed by atoms with Crippen molar-refractivity contribution in [1.29, 1.82) is 0 Å². The van der Waals surface area contributed by atoms with Crippen LogP contribution in [0.1, 0.15) is 37.3 Å². The highest BCUT2D eigenvalue weighted by Crippen LogP contribution is 2.29. The lowest BCUT2D eigenvalue weighted by Gasteiger charge is -2.16. The highest BCUT2D eigenvalue weighted by atomic mass is 16.5. The topological polar surface area (TPSA) is 38.7 Å². The van der Waals surface area contributed by atoms with Crippen LogP contribution in [-0.4, -0.2) is 31.5 Å². The Morgan fingerprint density at radius 1 is 1.22 bits per heavy atom. The molecule has 0 aromatic heterocycles. The monoisotopic (exact) mass is 252 g/mol. The first kappa shape index (κ1) is 15.0. The Kier molecular flexibility index (Phi) is 6.76. The van der Waals surface area contributed by atoms with Crippen molar-refractivity contribution in [3.63, 3.8) is 0 Å². The Morgan fingerprint density at radius 3 is 2.67 bits per heavy atom. The van der Waals surface area contributed by atoms with Crippen molar-refractivity contribution in [2.75, 3.05) is 26.4 Å². The minimum atomic E-state index is 0.0582. The van der Waals surface area contributed by atoms with E-state index in [2.05, 4.69) is 32.9 Å². The van der Waals surface area contributed by atoms with Gasteiger partial charge in [0.05, 0.1) is 19.8 Å². The summed E-state index contributed by atoms with van der Waals surface area (Å²) in [6.45, 7) is 7.95. The second-order valence-electron chi connectivity index (χ2n) is 4.54. The predicted molar refractivity (Wildman–Crippen MR) is 73.3 cm³/mol. The van der Waals surface area contributed by atoms with Gasteiger partial charge in [0.25, 0.3) is 0 Å². The summed E-state index contributed by atoms with van der Waals surface area (Å²) in [5.41, 5.74) is 2.52. The van der Waals surface area contributed by atoms with Gasteiger partial charge < -0.3 is 14.6 Å². The van der Waals surface area contributed by atoms with Crippen molar-refractivity contribution in [3.8, 4) is 5.75 Å². The molecule has 0 aliphatic carbocycles. The van der Waals surface area contributed by atoms with Crippen LogP contribution in [0.25, 0.3) is 0 Å². The van der Waals surface area contributed by atoms with E-state index in [-0.39, 0.29) is 6.61 Å². The second-order valence-corrected chi connectivity index (χ2v) is 4.54. The first-order valence-corrected chi connectivity index (χ1v) is 6.61. The van der Waals surface area contributed by atoms with Gasteiger partial charge in [-0.25, -0.2) is 0 Å². The number of aliphatic hydroxyl groups excluding tert-OH is 1. The van der Waals surface area contributed by atoms with Crippen LogP contribution in [0.2, 0.25) is 0 Å². The van der Waals surface area contributed by atoms with Gasteiger partial charge in [-0.1, -0.05) is 31.5 Å².